The second kappa shape index (κ2) is 11.6. The van der Waals surface area contributed by atoms with Crippen LogP contribution < -0.4 is 30.3 Å². The number of anilines is 6. The zero-order valence-corrected chi connectivity index (χ0v) is 24.8. The number of ether oxygens (including phenoxy) is 2. The van der Waals surface area contributed by atoms with Crippen LogP contribution in [-0.2, 0) is 10.2 Å². The number of rotatable bonds is 10. The SMILES string of the molecule is C=S(=C)(NCCC)c1ccccc1Nc1nc(Nc2ccc(N3CCOCC3)cc2OC)nc2c1C(C)(C)CN2. The van der Waals surface area contributed by atoms with E-state index in [9.17, 15) is 0 Å². The van der Waals surface area contributed by atoms with E-state index in [2.05, 4.69) is 76.3 Å². The average molecular weight is 564 g/mol. The molecule has 2 aromatic carbocycles. The molecule has 3 heterocycles. The first-order valence-electron chi connectivity index (χ1n) is 13.8. The maximum Gasteiger partial charge on any atom is 0.231 e. The van der Waals surface area contributed by atoms with Gasteiger partial charge >= 0.3 is 0 Å². The minimum Gasteiger partial charge on any atom is -0.494 e. The number of para-hydroxylation sites is 1. The molecule has 0 bridgehead atoms. The fourth-order valence-corrected chi connectivity index (χ4v) is 6.73. The van der Waals surface area contributed by atoms with Gasteiger partial charge in [-0.05, 0) is 30.7 Å². The molecule has 0 amide bonds. The summed E-state index contributed by atoms with van der Waals surface area (Å²) in [5, 5.41) is 10.5. The van der Waals surface area contributed by atoms with Gasteiger partial charge in [-0.3, -0.25) is 4.72 Å². The molecule has 40 heavy (non-hydrogen) atoms. The maximum absolute atomic E-state index is 5.76. The molecule has 1 saturated heterocycles. The van der Waals surface area contributed by atoms with E-state index in [0.717, 1.165) is 90.7 Å². The highest BCUT2D eigenvalue weighted by Gasteiger charge is 2.35. The van der Waals surface area contributed by atoms with Crippen molar-refractivity contribution in [1.29, 1.82) is 0 Å². The molecule has 0 aliphatic carbocycles. The third-order valence-corrected chi connectivity index (χ3v) is 9.24. The molecule has 2 aliphatic rings. The summed E-state index contributed by atoms with van der Waals surface area (Å²) in [4.78, 5) is 13.2. The van der Waals surface area contributed by atoms with Crippen LogP contribution in [0.5, 0.6) is 5.75 Å². The number of nitrogens with zero attached hydrogens (tertiary/aromatic N) is 3. The third-order valence-electron chi connectivity index (χ3n) is 7.28. The van der Waals surface area contributed by atoms with Crippen molar-refractivity contribution in [3.63, 3.8) is 0 Å². The van der Waals surface area contributed by atoms with Crippen molar-refractivity contribution in [3.8, 4) is 5.75 Å². The molecule has 0 unspecified atom stereocenters. The summed E-state index contributed by atoms with van der Waals surface area (Å²) in [7, 11) is -0.0323. The number of methoxy groups -OCH3 is 1. The quantitative estimate of drug-likeness (QED) is 0.240. The summed E-state index contributed by atoms with van der Waals surface area (Å²) in [6, 6.07) is 14.4. The van der Waals surface area contributed by atoms with Crippen LogP contribution in [0.4, 0.5) is 34.6 Å². The summed E-state index contributed by atoms with van der Waals surface area (Å²) in [6.45, 7) is 11.4. The first-order chi connectivity index (χ1) is 19.2. The molecule has 0 atom stereocenters. The van der Waals surface area contributed by atoms with Gasteiger partial charge < -0.3 is 30.3 Å². The summed E-state index contributed by atoms with van der Waals surface area (Å²) >= 11 is 0. The van der Waals surface area contributed by atoms with Gasteiger partial charge in [-0.2, -0.15) is 9.97 Å². The first-order valence-corrected chi connectivity index (χ1v) is 15.7. The van der Waals surface area contributed by atoms with E-state index in [1.807, 2.05) is 24.3 Å². The van der Waals surface area contributed by atoms with Crippen molar-refractivity contribution in [2.24, 2.45) is 0 Å². The predicted molar refractivity (Wildman–Crippen MR) is 171 cm³/mol. The van der Waals surface area contributed by atoms with Crippen molar-refractivity contribution in [3.05, 3.63) is 48.0 Å². The monoisotopic (exact) mass is 563 g/mol. The van der Waals surface area contributed by atoms with Crippen LogP contribution in [0.15, 0.2) is 47.4 Å². The van der Waals surface area contributed by atoms with Gasteiger partial charge in [0.2, 0.25) is 5.95 Å². The fraction of sp³-hybridized carbons (Fsp3) is 0.400. The van der Waals surface area contributed by atoms with Gasteiger partial charge in [-0.25, -0.2) is 0 Å². The van der Waals surface area contributed by atoms with Crippen LogP contribution in [0.25, 0.3) is 0 Å². The largest absolute Gasteiger partial charge is 0.494 e. The summed E-state index contributed by atoms with van der Waals surface area (Å²) < 4.78 is 14.8. The highest BCUT2D eigenvalue weighted by atomic mass is 32.2. The Morgan fingerprint density at radius 3 is 2.60 bits per heavy atom. The standard InChI is InChI=1S/C30H41N7O2S/c1-7-14-32-40(5,6)25-11-9-8-10-23(25)33-28-26-27(31-20-30(26,2)3)35-29(36-28)34-22-13-12-21(19-24(22)38-4)37-15-17-39-18-16-37/h8-13,19,32H,5-7,14-18,20H2,1-4H3,(H3,31,33,34,35,36). The van der Waals surface area contributed by atoms with E-state index in [0.29, 0.717) is 5.95 Å². The first kappa shape index (κ1) is 28.1. The Balaban J connectivity index is 1.50. The van der Waals surface area contributed by atoms with Crippen LogP contribution in [0, 0.1) is 0 Å². The molecule has 3 aromatic rings. The highest BCUT2D eigenvalue weighted by Crippen LogP contribution is 2.43. The van der Waals surface area contributed by atoms with Crippen molar-refractivity contribution >= 4 is 55.8 Å². The number of hydrogen-bond acceptors (Lipinski definition) is 9. The molecule has 0 spiro atoms. The molecule has 1 fully saturated rings. The topological polar surface area (TPSA) is 95.6 Å². The Morgan fingerprint density at radius 1 is 1.07 bits per heavy atom. The van der Waals surface area contributed by atoms with E-state index < -0.39 is 9.39 Å². The minimum atomic E-state index is -1.71. The smallest absolute Gasteiger partial charge is 0.231 e. The average Bonchev–Trinajstić information content (AvgIpc) is 3.27. The lowest BCUT2D eigenvalue weighted by molar-refractivity contribution is 0.122. The molecule has 5 rings (SSSR count). The van der Waals surface area contributed by atoms with Crippen molar-refractivity contribution in [2.45, 2.75) is 37.5 Å². The van der Waals surface area contributed by atoms with Crippen LogP contribution >= 0.6 is 9.39 Å². The molecule has 10 heteroatoms. The number of morpholine rings is 1. The van der Waals surface area contributed by atoms with Crippen LogP contribution in [-0.4, -0.2) is 68.2 Å². The molecule has 4 N–H and O–H groups in total. The lowest BCUT2D eigenvalue weighted by Gasteiger charge is -2.29. The zero-order chi connectivity index (χ0) is 28.3. The Morgan fingerprint density at radius 2 is 1.85 bits per heavy atom. The summed E-state index contributed by atoms with van der Waals surface area (Å²) in [5.41, 5.74) is 3.74. The van der Waals surface area contributed by atoms with Crippen LogP contribution in [0.1, 0.15) is 32.8 Å². The molecule has 9 nitrogen and oxygen atoms in total. The number of benzene rings is 2. The lowest BCUT2D eigenvalue weighted by atomic mass is 9.88. The highest BCUT2D eigenvalue weighted by molar-refractivity contribution is 8.26. The zero-order valence-electron chi connectivity index (χ0n) is 24.0. The fourth-order valence-electron chi connectivity index (χ4n) is 5.10. The Labute approximate surface area is 238 Å². The molecular formula is C30H41N7O2S. The van der Waals surface area contributed by atoms with Crippen molar-refractivity contribution < 1.29 is 9.47 Å². The number of fused-ring (bicyclic) bond motifs is 1. The Bertz CT molecular complexity index is 1470. The minimum absolute atomic E-state index is 0.151. The van der Waals surface area contributed by atoms with Gasteiger partial charge in [0.1, 0.15) is 17.4 Å². The number of nitrogens with one attached hydrogen (secondary N) is 4. The van der Waals surface area contributed by atoms with Crippen LogP contribution in [0.3, 0.4) is 0 Å². The van der Waals surface area contributed by atoms with Crippen molar-refractivity contribution in [1.82, 2.24) is 14.7 Å². The number of hydrogen-bond donors (Lipinski definition) is 4. The normalized spacial score (nSPS) is 16.2. The third kappa shape index (κ3) is 5.84. The predicted octanol–water partition coefficient (Wildman–Crippen LogP) is 5.45. The molecule has 1 aromatic heterocycles. The molecule has 0 radical (unpaired) electrons. The second-order valence-corrected chi connectivity index (χ2v) is 13.4. The van der Waals surface area contributed by atoms with Crippen LogP contribution in [0.2, 0.25) is 0 Å². The summed E-state index contributed by atoms with van der Waals surface area (Å²) in [6.07, 6.45) is 1.01. The van der Waals surface area contributed by atoms with Gasteiger partial charge in [0, 0.05) is 53.8 Å². The van der Waals surface area contributed by atoms with E-state index in [1.54, 1.807) is 7.11 Å². The lowest BCUT2D eigenvalue weighted by Crippen LogP contribution is -2.36. The maximum atomic E-state index is 5.76. The van der Waals surface area contributed by atoms with Gasteiger partial charge in [0.05, 0.1) is 31.7 Å². The molecule has 214 valence electrons. The van der Waals surface area contributed by atoms with Gasteiger partial charge in [-0.15, -0.1) is 9.39 Å². The van der Waals surface area contributed by atoms with E-state index in [4.69, 9.17) is 19.4 Å². The van der Waals surface area contributed by atoms with Gasteiger partial charge in [0.25, 0.3) is 0 Å². The van der Waals surface area contributed by atoms with E-state index in [-0.39, 0.29) is 5.41 Å². The van der Waals surface area contributed by atoms with Crippen molar-refractivity contribution in [2.75, 3.05) is 67.4 Å². The van der Waals surface area contributed by atoms with Gasteiger partial charge in [0.15, 0.2) is 0 Å². The molecule has 2 aliphatic heterocycles. The van der Waals surface area contributed by atoms with E-state index >= 15 is 0 Å². The number of aromatic nitrogens is 2. The second-order valence-electron chi connectivity index (χ2n) is 10.9. The Kier molecular flexibility index (Phi) is 8.11. The van der Waals surface area contributed by atoms with E-state index in [1.165, 1.54) is 0 Å². The molecule has 0 saturated carbocycles. The Hall–Kier alpha value is -3.47. The van der Waals surface area contributed by atoms with Gasteiger partial charge in [-0.1, -0.05) is 44.6 Å². The molecular weight excluding hydrogens is 522 g/mol. The summed E-state index contributed by atoms with van der Waals surface area (Å²) in [5.74, 6) is 11.7.